The smallest absolute Gasteiger partial charge is 0.323 e. The van der Waals surface area contributed by atoms with Crippen LogP contribution in [0.3, 0.4) is 0 Å². The zero-order valence-electron chi connectivity index (χ0n) is 23.5. The molecular formula is C28H33ClN8O5. The molecule has 0 aromatic carbocycles. The van der Waals surface area contributed by atoms with Gasteiger partial charge in [0, 0.05) is 24.8 Å². The van der Waals surface area contributed by atoms with Crippen molar-refractivity contribution < 1.29 is 24.0 Å². The van der Waals surface area contributed by atoms with E-state index in [0.717, 1.165) is 49.9 Å². The average molecular weight is 597 g/mol. The van der Waals surface area contributed by atoms with Gasteiger partial charge in [-0.15, -0.1) is 0 Å². The minimum absolute atomic E-state index is 0.144. The number of halogens is 1. The molecule has 4 aromatic heterocycles. The Kier molecular flexibility index (Phi) is 10.5. The Morgan fingerprint density at radius 1 is 1.10 bits per heavy atom. The number of aliphatic carboxylic acids is 1. The molecule has 5 rings (SSSR count). The Morgan fingerprint density at radius 2 is 1.86 bits per heavy atom. The molecule has 1 aliphatic carbocycles. The SMILES string of the molecule is CC(C)=O.O=C(O)CCCCCc1nc(-c2ncc(NC(=O)Nc3cnc4ccnn4c3C3CCCC3)cc2Cl)no1. The lowest BCUT2D eigenvalue weighted by molar-refractivity contribution is -0.137. The van der Waals surface area contributed by atoms with Gasteiger partial charge in [0.25, 0.3) is 0 Å². The Hall–Kier alpha value is -4.39. The summed E-state index contributed by atoms with van der Waals surface area (Å²) >= 11 is 6.42. The molecule has 3 N–H and O–H groups in total. The number of hydrogen-bond donors (Lipinski definition) is 3. The number of fused-ring (bicyclic) bond motifs is 1. The zero-order valence-corrected chi connectivity index (χ0v) is 24.2. The van der Waals surface area contributed by atoms with Gasteiger partial charge < -0.3 is 25.1 Å². The van der Waals surface area contributed by atoms with Crippen LogP contribution in [-0.4, -0.2) is 52.6 Å². The maximum atomic E-state index is 12.9. The fourth-order valence-corrected chi connectivity index (χ4v) is 4.97. The summed E-state index contributed by atoms with van der Waals surface area (Å²) in [4.78, 5) is 45.9. The highest BCUT2D eigenvalue weighted by Crippen LogP contribution is 2.37. The minimum atomic E-state index is -0.803. The lowest BCUT2D eigenvalue weighted by atomic mass is 10.0. The third kappa shape index (κ3) is 8.32. The molecule has 0 radical (unpaired) electrons. The number of carboxylic acid groups (broad SMARTS) is 1. The summed E-state index contributed by atoms with van der Waals surface area (Å²) in [5, 5.41) is 23.0. The van der Waals surface area contributed by atoms with E-state index in [2.05, 4.69) is 35.8 Å². The molecule has 0 spiro atoms. The summed E-state index contributed by atoms with van der Waals surface area (Å²) in [6, 6.07) is 2.96. The van der Waals surface area contributed by atoms with Crippen LogP contribution in [0.4, 0.5) is 16.2 Å². The van der Waals surface area contributed by atoms with E-state index in [0.29, 0.717) is 41.7 Å². The molecule has 0 aliphatic heterocycles. The zero-order chi connectivity index (χ0) is 30.1. The van der Waals surface area contributed by atoms with Crippen molar-refractivity contribution in [3.63, 3.8) is 0 Å². The van der Waals surface area contributed by atoms with E-state index in [4.69, 9.17) is 21.2 Å². The third-order valence-corrected chi connectivity index (χ3v) is 6.79. The Labute approximate surface area is 247 Å². The number of carboxylic acids is 1. The van der Waals surface area contributed by atoms with Crippen molar-refractivity contribution in [1.29, 1.82) is 0 Å². The first-order valence-corrected chi connectivity index (χ1v) is 14.2. The second kappa shape index (κ2) is 14.5. The number of pyridine rings is 1. The van der Waals surface area contributed by atoms with Crippen molar-refractivity contribution in [2.45, 2.75) is 77.6 Å². The van der Waals surface area contributed by atoms with E-state index >= 15 is 0 Å². The van der Waals surface area contributed by atoms with Crippen molar-refractivity contribution in [3.8, 4) is 11.5 Å². The maximum Gasteiger partial charge on any atom is 0.323 e. The van der Waals surface area contributed by atoms with Crippen LogP contribution in [0.2, 0.25) is 5.02 Å². The molecule has 1 aliphatic rings. The summed E-state index contributed by atoms with van der Waals surface area (Å²) in [5.41, 5.74) is 3.04. The summed E-state index contributed by atoms with van der Waals surface area (Å²) in [7, 11) is 0. The molecule has 14 heteroatoms. The van der Waals surface area contributed by atoms with E-state index in [-0.39, 0.29) is 23.1 Å². The largest absolute Gasteiger partial charge is 0.481 e. The van der Waals surface area contributed by atoms with E-state index in [1.54, 1.807) is 23.0 Å². The molecule has 4 heterocycles. The van der Waals surface area contributed by atoms with Crippen LogP contribution in [-0.2, 0) is 16.0 Å². The fraction of sp³-hybridized carbons (Fsp3) is 0.429. The quantitative estimate of drug-likeness (QED) is 0.186. The molecular weight excluding hydrogens is 564 g/mol. The van der Waals surface area contributed by atoms with E-state index in [1.165, 1.54) is 20.0 Å². The number of carbonyl (C=O) groups excluding carboxylic acids is 2. The van der Waals surface area contributed by atoms with Gasteiger partial charge in [-0.2, -0.15) is 10.1 Å². The number of amides is 2. The van der Waals surface area contributed by atoms with Gasteiger partial charge in [-0.25, -0.2) is 19.3 Å². The first-order chi connectivity index (χ1) is 20.2. The number of anilines is 2. The molecule has 13 nitrogen and oxygen atoms in total. The number of nitrogens with zero attached hydrogens (tertiary/aromatic N) is 6. The first-order valence-electron chi connectivity index (χ1n) is 13.8. The monoisotopic (exact) mass is 596 g/mol. The Bertz CT molecular complexity index is 1540. The van der Waals surface area contributed by atoms with Crippen molar-refractivity contribution in [1.82, 2.24) is 29.7 Å². The molecule has 1 saturated carbocycles. The van der Waals surface area contributed by atoms with Gasteiger partial charge >= 0.3 is 12.0 Å². The van der Waals surface area contributed by atoms with Crippen LogP contribution in [0.1, 0.15) is 82.7 Å². The number of nitrogens with one attached hydrogen (secondary N) is 2. The van der Waals surface area contributed by atoms with Crippen LogP contribution in [0, 0.1) is 0 Å². The average Bonchev–Trinajstić information content (AvgIpc) is 3.70. The molecule has 4 aromatic rings. The first kappa shape index (κ1) is 30.6. The number of carbonyl (C=O) groups is 3. The molecule has 1 fully saturated rings. The Morgan fingerprint density at radius 3 is 2.57 bits per heavy atom. The van der Waals surface area contributed by atoms with Gasteiger partial charge in [0.2, 0.25) is 11.7 Å². The highest BCUT2D eigenvalue weighted by atomic mass is 35.5. The third-order valence-electron chi connectivity index (χ3n) is 6.50. The lowest BCUT2D eigenvalue weighted by Gasteiger charge is -2.17. The van der Waals surface area contributed by atoms with Crippen molar-refractivity contribution in [2.75, 3.05) is 10.6 Å². The number of Topliss-reactive ketones (excluding diaryl/α,β-unsaturated/α-hetero) is 1. The van der Waals surface area contributed by atoms with Gasteiger partial charge in [0.1, 0.15) is 11.5 Å². The number of ketones is 1. The van der Waals surface area contributed by atoms with Crippen molar-refractivity contribution >= 4 is 46.4 Å². The maximum absolute atomic E-state index is 12.9. The van der Waals surface area contributed by atoms with Gasteiger partial charge in [-0.3, -0.25) is 4.79 Å². The number of urea groups is 1. The summed E-state index contributed by atoms with van der Waals surface area (Å²) in [5.74, 6) is 0.334. The van der Waals surface area contributed by atoms with Crippen molar-refractivity contribution in [3.05, 3.63) is 47.3 Å². The minimum Gasteiger partial charge on any atom is -0.481 e. The van der Waals surface area contributed by atoms with Crippen LogP contribution in [0.25, 0.3) is 17.2 Å². The van der Waals surface area contributed by atoms with Crippen LogP contribution in [0.5, 0.6) is 0 Å². The number of unbranched alkanes of at least 4 members (excludes halogenated alkanes) is 2. The van der Waals surface area contributed by atoms with Gasteiger partial charge in [-0.1, -0.05) is 36.0 Å². The second-order valence-corrected chi connectivity index (χ2v) is 10.6. The predicted molar refractivity (Wildman–Crippen MR) is 156 cm³/mol. The van der Waals surface area contributed by atoms with E-state index < -0.39 is 12.0 Å². The summed E-state index contributed by atoms with van der Waals surface area (Å²) in [6.45, 7) is 3.06. The molecule has 0 atom stereocenters. The van der Waals surface area contributed by atoms with Crippen LogP contribution in [0.15, 0.2) is 35.2 Å². The fourth-order valence-electron chi connectivity index (χ4n) is 4.72. The van der Waals surface area contributed by atoms with Crippen LogP contribution < -0.4 is 10.6 Å². The second-order valence-electron chi connectivity index (χ2n) is 10.1. The molecule has 2 amide bonds. The van der Waals surface area contributed by atoms with Crippen molar-refractivity contribution in [2.24, 2.45) is 0 Å². The topological polar surface area (TPSA) is 178 Å². The number of aromatic nitrogens is 6. The molecule has 0 saturated heterocycles. The van der Waals surface area contributed by atoms with E-state index in [1.807, 2.05) is 6.07 Å². The van der Waals surface area contributed by atoms with Gasteiger partial charge in [0.05, 0.1) is 40.7 Å². The Balaban J connectivity index is 0.000000952. The summed E-state index contributed by atoms with van der Waals surface area (Å²) in [6.07, 6.45) is 12.0. The number of rotatable bonds is 10. The highest BCUT2D eigenvalue weighted by Gasteiger charge is 2.25. The lowest BCUT2D eigenvalue weighted by Crippen LogP contribution is -2.22. The van der Waals surface area contributed by atoms with E-state index in [9.17, 15) is 14.4 Å². The summed E-state index contributed by atoms with van der Waals surface area (Å²) < 4.78 is 7.07. The molecule has 222 valence electrons. The van der Waals surface area contributed by atoms with Crippen LogP contribution >= 0.6 is 11.6 Å². The molecule has 42 heavy (non-hydrogen) atoms. The van der Waals surface area contributed by atoms with Gasteiger partial charge in [-0.05, 0) is 45.6 Å². The molecule has 0 unspecified atom stereocenters. The number of aryl methyl sites for hydroxylation is 1. The highest BCUT2D eigenvalue weighted by molar-refractivity contribution is 6.33. The standard InChI is InChI=1S/C25H27ClN8O4.C3H6O/c26-17-12-16(13-28-22(17)24-32-20(38-33-24)8-2-1-3-9-21(35)36)30-25(37)31-18-14-27-19-10-11-29-34(19)23(18)15-6-4-5-7-15;1-3(2)4/h10-15H,1-9H2,(H,35,36)(H2,30,31,37);1-2H3. The predicted octanol–water partition coefficient (Wildman–Crippen LogP) is 5.91. The molecule has 0 bridgehead atoms. The normalized spacial score (nSPS) is 13.0. The number of hydrogen-bond acceptors (Lipinski definition) is 9. The van der Waals surface area contributed by atoms with Gasteiger partial charge in [0.15, 0.2) is 5.65 Å².